The molecule has 1 aliphatic rings. The number of nitrogens with one attached hydrogen (secondary N) is 1. The van der Waals surface area contributed by atoms with Crippen LogP contribution in [-0.2, 0) is 0 Å². The van der Waals surface area contributed by atoms with E-state index in [2.05, 4.69) is 23.7 Å². The Balaban J connectivity index is 1.35. The Kier molecular flexibility index (Phi) is 8.52. The maximum absolute atomic E-state index is 13.9. The largest absolute Gasteiger partial charge is 0.497 e. The molecule has 0 saturated carbocycles. The lowest BCUT2D eigenvalue weighted by Gasteiger charge is -2.34. The monoisotopic (exact) mass is 566 g/mol. The third-order valence-electron chi connectivity index (χ3n) is 7.86. The van der Waals surface area contributed by atoms with Crippen LogP contribution in [0.25, 0.3) is 16.9 Å². The predicted molar refractivity (Wildman–Crippen MR) is 166 cm³/mol. The highest BCUT2D eigenvalue weighted by Crippen LogP contribution is 2.32. The van der Waals surface area contributed by atoms with E-state index in [0.29, 0.717) is 37.7 Å². The van der Waals surface area contributed by atoms with Crippen LogP contribution in [0.15, 0.2) is 78.9 Å². The van der Waals surface area contributed by atoms with E-state index in [4.69, 9.17) is 9.47 Å². The van der Waals surface area contributed by atoms with Gasteiger partial charge in [-0.2, -0.15) is 0 Å². The van der Waals surface area contributed by atoms with Gasteiger partial charge in [0.15, 0.2) is 0 Å². The molecule has 1 fully saturated rings. The van der Waals surface area contributed by atoms with Gasteiger partial charge in [-0.3, -0.25) is 4.79 Å². The molecule has 0 unspecified atom stereocenters. The van der Waals surface area contributed by atoms with E-state index in [1.54, 1.807) is 19.1 Å². The fraction of sp³-hybridized carbons (Fsp3) is 0.294. The molecule has 1 aliphatic heterocycles. The molecule has 1 aromatic heterocycles. The minimum absolute atomic E-state index is 0.0479. The first kappa shape index (κ1) is 28.8. The minimum atomic E-state index is -0.151. The van der Waals surface area contributed by atoms with Crippen molar-refractivity contribution in [2.45, 2.75) is 26.7 Å². The van der Waals surface area contributed by atoms with E-state index < -0.39 is 0 Å². The summed E-state index contributed by atoms with van der Waals surface area (Å²) in [5.41, 5.74) is 6.22. The molecule has 0 bridgehead atoms. The number of carbonyl (C=O) groups excluding carboxylic acids is 2. The van der Waals surface area contributed by atoms with E-state index in [1.807, 2.05) is 90.7 Å². The smallest absolute Gasteiger partial charge is 0.321 e. The van der Waals surface area contributed by atoms with E-state index in [-0.39, 0.29) is 11.9 Å². The van der Waals surface area contributed by atoms with Crippen molar-refractivity contribution in [3.8, 4) is 28.4 Å². The third kappa shape index (κ3) is 5.98. The second kappa shape index (κ2) is 12.4. The van der Waals surface area contributed by atoms with Gasteiger partial charge in [0.2, 0.25) is 0 Å². The first-order valence-corrected chi connectivity index (χ1v) is 14.3. The van der Waals surface area contributed by atoms with Crippen molar-refractivity contribution in [3.05, 3.63) is 95.7 Å². The van der Waals surface area contributed by atoms with Crippen molar-refractivity contribution in [1.82, 2.24) is 14.4 Å². The average Bonchev–Trinajstić information content (AvgIpc) is 3.37. The molecule has 5 rings (SSSR count). The Morgan fingerprint density at radius 3 is 2.05 bits per heavy atom. The summed E-state index contributed by atoms with van der Waals surface area (Å²) >= 11 is 0. The van der Waals surface area contributed by atoms with Crippen molar-refractivity contribution in [1.29, 1.82) is 0 Å². The molecule has 0 atom stereocenters. The van der Waals surface area contributed by atoms with Gasteiger partial charge < -0.3 is 29.2 Å². The Bertz CT molecular complexity index is 1550. The molecule has 0 radical (unpaired) electrons. The summed E-state index contributed by atoms with van der Waals surface area (Å²) in [6.45, 7) is 8.09. The maximum Gasteiger partial charge on any atom is 0.321 e. The lowest BCUT2D eigenvalue weighted by atomic mass is 10.0. The molecule has 8 heteroatoms. The number of carbonyl (C=O) groups is 2. The molecule has 1 saturated heterocycles. The van der Waals surface area contributed by atoms with E-state index in [0.717, 1.165) is 39.8 Å². The molecule has 3 aromatic carbocycles. The molecule has 218 valence electrons. The summed E-state index contributed by atoms with van der Waals surface area (Å²) in [6.07, 6.45) is 0. The van der Waals surface area contributed by atoms with Crippen LogP contribution in [0.5, 0.6) is 11.5 Å². The van der Waals surface area contributed by atoms with Gasteiger partial charge >= 0.3 is 6.03 Å². The number of hydrogen-bond acceptors (Lipinski definition) is 4. The van der Waals surface area contributed by atoms with E-state index in [9.17, 15) is 9.59 Å². The first-order valence-electron chi connectivity index (χ1n) is 14.3. The Hall–Kier alpha value is -4.72. The van der Waals surface area contributed by atoms with Crippen molar-refractivity contribution in [3.63, 3.8) is 0 Å². The molecule has 2 heterocycles. The molecular formula is C34H38N4O4. The summed E-state index contributed by atoms with van der Waals surface area (Å²) in [4.78, 5) is 30.4. The SMILES string of the molecule is COc1ccc(-c2cc(C(=O)N3CCN(C(=O)Nc4ccc(C(C)C)cc4)CC3)c(C)n2-c2cccc(OC)c2)cc1. The zero-order valence-electron chi connectivity index (χ0n) is 24.9. The van der Waals surface area contributed by atoms with Gasteiger partial charge in [0, 0.05) is 49.3 Å². The summed E-state index contributed by atoms with van der Waals surface area (Å²) in [6, 6.07) is 25.4. The zero-order valence-corrected chi connectivity index (χ0v) is 24.9. The van der Waals surface area contributed by atoms with Crippen LogP contribution < -0.4 is 14.8 Å². The summed E-state index contributed by atoms with van der Waals surface area (Å²) in [5, 5.41) is 2.99. The number of aromatic nitrogens is 1. The number of urea groups is 1. The van der Waals surface area contributed by atoms with Gasteiger partial charge in [-0.25, -0.2) is 4.79 Å². The van der Waals surface area contributed by atoms with Crippen molar-refractivity contribution in [2.24, 2.45) is 0 Å². The van der Waals surface area contributed by atoms with Crippen LogP contribution in [0.2, 0.25) is 0 Å². The number of ether oxygens (including phenoxy) is 2. The van der Waals surface area contributed by atoms with E-state index in [1.165, 1.54) is 5.56 Å². The van der Waals surface area contributed by atoms with Gasteiger partial charge in [-0.05, 0) is 78.6 Å². The standard InChI is InChI=1S/C34H38N4O4/c1-23(2)25-9-13-27(14-10-25)35-34(40)37-19-17-36(18-20-37)33(39)31-22-32(26-11-15-29(41-4)16-12-26)38(24(31)3)28-7-6-8-30(21-28)42-5/h6-16,21-23H,17-20H2,1-5H3,(H,35,40). The van der Waals surface area contributed by atoms with Gasteiger partial charge in [0.05, 0.1) is 25.5 Å². The third-order valence-corrected chi connectivity index (χ3v) is 7.86. The average molecular weight is 567 g/mol. The van der Waals surface area contributed by atoms with Crippen LogP contribution in [0.3, 0.4) is 0 Å². The van der Waals surface area contributed by atoms with Gasteiger partial charge in [0.1, 0.15) is 11.5 Å². The zero-order chi connectivity index (χ0) is 29.8. The molecule has 0 aliphatic carbocycles. The summed E-state index contributed by atoms with van der Waals surface area (Å²) in [7, 11) is 3.28. The van der Waals surface area contributed by atoms with Crippen LogP contribution in [0.1, 0.15) is 41.4 Å². The Morgan fingerprint density at radius 2 is 1.43 bits per heavy atom. The highest BCUT2D eigenvalue weighted by atomic mass is 16.5. The Labute approximate surface area is 247 Å². The highest BCUT2D eigenvalue weighted by Gasteiger charge is 2.28. The maximum atomic E-state index is 13.9. The molecule has 8 nitrogen and oxygen atoms in total. The minimum Gasteiger partial charge on any atom is -0.497 e. The molecule has 3 amide bonds. The van der Waals surface area contributed by atoms with Crippen LogP contribution in [0, 0.1) is 6.92 Å². The number of methoxy groups -OCH3 is 2. The normalized spacial score (nSPS) is 13.3. The second-order valence-electron chi connectivity index (χ2n) is 10.8. The van der Waals surface area contributed by atoms with Gasteiger partial charge in [-0.1, -0.05) is 32.0 Å². The van der Waals surface area contributed by atoms with Crippen molar-refractivity contribution in [2.75, 3.05) is 45.7 Å². The van der Waals surface area contributed by atoms with Gasteiger partial charge in [-0.15, -0.1) is 0 Å². The summed E-state index contributed by atoms with van der Waals surface area (Å²) < 4.78 is 12.9. The fourth-order valence-electron chi connectivity index (χ4n) is 5.32. The quantitative estimate of drug-likeness (QED) is 0.274. The first-order chi connectivity index (χ1) is 20.3. The molecule has 42 heavy (non-hydrogen) atoms. The molecule has 4 aromatic rings. The van der Waals surface area contributed by atoms with Crippen LogP contribution in [-0.4, -0.2) is 66.7 Å². The fourth-order valence-corrected chi connectivity index (χ4v) is 5.32. The lowest BCUT2D eigenvalue weighted by Crippen LogP contribution is -2.51. The number of hydrogen-bond donors (Lipinski definition) is 1. The lowest BCUT2D eigenvalue weighted by molar-refractivity contribution is 0.0671. The van der Waals surface area contributed by atoms with Crippen molar-refractivity contribution >= 4 is 17.6 Å². The highest BCUT2D eigenvalue weighted by molar-refractivity contribution is 5.98. The number of anilines is 1. The topological polar surface area (TPSA) is 76.0 Å². The summed E-state index contributed by atoms with van der Waals surface area (Å²) in [5.74, 6) is 1.89. The van der Waals surface area contributed by atoms with Gasteiger partial charge in [0.25, 0.3) is 5.91 Å². The number of piperazine rings is 1. The second-order valence-corrected chi connectivity index (χ2v) is 10.8. The Morgan fingerprint density at radius 1 is 0.786 bits per heavy atom. The van der Waals surface area contributed by atoms with Crippen molar-refractivity contribution < 1.29 is 19.1 Å². The molecular weight excluding hydrogens is 528 g/mol. The number of nitrogens with zero attached hydrogens (tertiary/aromatic N) is 3. The number of benzene rings is 3. The number of amides is 3. The van der Waals surface area contributed by atoms with Crippen LogP contribution >= 0.6 is 0 Å². The van der Waals surface area contributed by atoms with E-state index >= 15 is 0 Å². The predicted octanol–water partition coefficient (Wildman–Crippen LogP) is 6.58. The van der Waals surface area contributed by atoms with Crippen LogP contribution in [0.4, 0.5) is 10.5 Å². The molecule has 0 spiro atoms. The number of rotatable bonds is 7. The molecule has 1 N–H and O–H groups in total.